The summed E-state index contributed by atoms with van der Waals surface area (Å²) >= 11 is 18.2. The summed E-state index contributed by atoms with van der Waals surface area (Å²) in [4.78, 5) is 0. The molecule has 0 aromatic heterocycles. The second-order valence-electron chi connectivity index (χ2n) is 4.98. The first-order valence-electron chi connectivity index (χ1n) is 6.54. The second-order valence-corrected chi connectivity index (χ2v) is 6.14. The Kier molecular flexibility index (Phi) is 5.79. The van der Waals surface area contributed by atoms with Gasteiger partial charge in [0, 0.05) is 19.2 Å². The van der Waals surface area contributed by atoms with Gasteiger partial charge < -0.3 is 10.1 Å². The van der Waals surface area contributed by atoms with E-state index < -0.39 is 0 Å². The molecule has 1 aromatic rings. The van der Waals surface area contributed by atoms with Crippen LogP contribution in [0.4, 0.5) is 0 Å². The molecule has 1 aromatic carbocycles. The number of benzene rings is 1. The van der Waals surface area contributed by atoms with Crippen molar-refractivity contribution in [1.82, 2.24) is 5.32 Å². The fourth-order valence-electron chi connectivity index (χ4n) is 2.30. The summed E-state index contributed by atoms with van der Waals surface area (Å²) in [5.41, 5.74) is 0.979. The number of halogens is 3. The van der Waals surface area contributed by atoms with Gasteiger partial charge in [0.05, 0.1) is 21.7 Å². The van der Waals surface area contributed by atoms with Gasteiger partial charge in [0.25, 0.3) is 0 Å². The lowest BCUT2D eigenvalue weighted by atomic mass is 10.0. The van der Waals surface area contributed by atoms with Crippen LogP contribution in [0.5, 0.6) is 0 Å². The van der Waals surface area contributed by atoms with Crippen LogP contribution in [0.15, 0.2) is 12.1 Å². The molecule has 106 valence electrons. The zero-order valence-electron chi connectivity index (χ0n) is 10.9. The average molecular weight is 323 g/mol. The zero-order chi connectivity index (χ0) is 13.8. The van der Waals surface area contributed by atoms with Crippen LogP contribution >= 0.6 is 34.8 Å². The molecule has 0 saturated carbocycles. The van der Waals surface area contributed by atoms with Gasteiger partial charge in [0.15, 0.2) is 0 Å². The standard InChI is InChI=1S/C14H18Cl3NO/c1-9(18-7-10-3-2-6-19-8-10)11-4-5-12(15)14(17)13(11)16/h4-5,9-10,18H,2-3,6-8H2,1H3. The zero-order valence-corrected chi connectivity index (χ0v) is 13.2. The molecular formula is C14H18Cl3NO. The molecule has 5 heteroatoms. The molecule has 1 aliphatic rings. The normalized spacial score (nSPS) is 21.4. The highest BCUT2D eigenvalue weighted by atomic mass is 35.5. The molecule has 1 heterocycles. The number of nitrogens with one attached hydrogen (secondary N) is 1. The summed E-state index contributed by atoms with van der Waals surface area (Å²) < 4.78 is 5.47. The Labute approximate surface area is 129 Å². The highest BCUT2D eigenvalue weighted by molar-refractivity contribution is 6.48. The van der Waals surface area contributed by atoms with Crippen molar-refractivity contribution in [2.24, 2.45) is 5.92 Å². The van der Waals surface area contributed by atoms with Crippen LogP contribution in [0.25, 0.3) is 0 Å². The maximum Gasteiger partial charge on any atom is 0.0781 e. The van der Waals surface area contributed by atoms with Gasteiger partial charge in [-0.1, -0.05) is 40.9 Å². The van der Waals surface area contributed by atoms with E-state index in [1.165, 1.54) is 6.42 Å². The summed E-state index contributed by atoms with van der Waals surface area (Å²) in [5.74, 6) is 0.581. The summed E-state index contributed by atoms with van der Waals surface area (Å²) in [6.45, 7) is 4.74. The largest absolute Gasteiger partial charge is 0.381 e. The average Bonchev–Trinajstić information content (AvgIpc) is 2.43. The van der Waals surface area contributed by atoms with Crippen molar-refractivity contribution in [3.8, 4) is 0 Å². The summed E-state index contributed by atoms with van der Waals surface area (Å²) in [5, 5.41) is 4.94. The third-order valence-electron chi connectivity index (χ3n) is 3.50. The third-order valence-corrected chi connectivity index (χ3v) is 4.81. The predicted molar refractivity (Wildman–Crippen MR) is 81.4 cm³/mol. The SMILES string of the molecule is CC(NCC1CCCOC1)c1ccc(Cl)c(Cl)c1Cl. The topological polar surface area (TPSA) is 21.3 Å². The van der Waals surface area contributed by atoms with Crippen molar-refractivity contribution in [3.63, 3.8) is 0 Å². The minimum absolute atomic E-state index is 0.143. The van der Waals surface area contributed by atoms with Gasteiger partial charge in [-0.2, -0.15) is 0 Å². The van der Waals surface area contributed by atoms with Crippen LogP contribution in [0.2, 0.25) is 15.1 Å². The first kappa shape index (κ1) is 15.4. The predicted octanol–water partition coefficient (Wildman–Crippen LogP) is 4.72. The van der Waals surface area contributed by atoms with Gasteiger partial charge in [-0.25, -0.2) is 0 Å². The van der Waals surface area contributed by atoms with E-state index in [4.69, 9.17) is 39.5 Å². The van der Waals surface area contributed by atoms with Gasteiger partial charge in [0.1, 0.15) is 0 Å². The fraction of sp³-hybridized carbons (Fsp3) is 0.571. The molecule has 1 fully saturated rings. The molecule has 1 aliphatic heterocycles. The molecule has 1 N–H and O–H groups in total. The van der Waals surface area contributed by atoms with Gasteiger partial charge in [-0.05, 0) is 37.3 Å². The van der Waals surface area contributed by atoms with Crippen molar-refractivity contribution in [2.45, 2.75) is 25.8 Å². The minimum atomic E-state index is 0.143. The fourth-order valence-corrected chi connectivity index (χ4v) is 3.00. The molecule has 2 unspecified atom stereocenters. The van der Waals surface area contributed by atoms with Crippen molar-refractivity contribution < 1.29 is 4.74 Å². The quantitative estimate of drug-likeness (QED) is 0.810. The molecule has 0 radical (unpaired) electrons. The molecule has 0 bridgehead atoms. The maximum atomic E-state index is 6.23. The molecule has 2 nitrogen and oxygen atoms in total. The van der Waals surface area contributed by atoms with Crippen molar-refractivity contribution >= 4 is 34.8 Å². The van der Waals surface area contributed by atoms with E-state index in [1.807, 2.05) is 6.07 Å². The van der Waals surface area contributed by atoms with E-state index in [2.05, 4.69) is 12.2 Å². The monoisotopic (exact) mass is 321 g/mol. The Morgan fingerprint density at radius 1 is 1.32 bits per heavy atom. The highest BCUT2D eigenvalue weighted by Crippen LogP contribution is 2.35. The Hall–Kier alpha value is 0.01000. The molecule has 0 aliphatic carbocycles. The van der Waals surface area contributed by atoms with Gasteiger partial charge in [0.2, 0.25) is 0 Å². The van der Waals surface area contributed by atoms with E-state index in [-0.39, 0.29) is 6.04 Å². The van der Waals surface area contributed by atoms with Crippen LogP contribution in [-0.4, -0.2) is 19.8 Å². The van der Waals surface area contributed by atoms with Gasteiger partial charge >= 0.3 is 0 Å². The molecule has 0 amide bonds. The van der Waals surface area contributed by atoms with E-state index in [0.717, 1.165) is 31.7 Å². The van der Waals surface area contributed by atoms with Crippen molar-refractivity contribution in [3.05, 3.63) is 32.8 Å². The molecular weight excluding hydrogens is 305 g/mol. The summed E-state index contributed by atoms with van der Waals surface area (Å²) in [6.07, 6.45) is 2.36. The summed E-state index contributed by atoms with van der Waals surface area (Å²) in [6, 6.07) is 3.85. The molecule has 19 heavy (non-hydrogen) atoms. The minimum Gasteiger partial charge on any atom is -0.381 e. The Bertz CT molecular complexity index is 433. The lowest BCUT2D eigenvalue weighted by molar-refractivity contribution is 0.0540. The first-order valence-corrected chi connectivity index (χ1v) is 7.67. The third kappa shape index (κ3) is 3.99. The Morgan fingerprint density at radius 2 is 2.11 bits per heavy atom. The molecule has 2 rings (SSSR count). The van der Waals surface area contributed by atoms with Crippen molar-refractivity contribution in [1.29, 1.82) is 0 Å². The van der Waals surface area contributed by atoms with Gasteiger partial charge in [-0.3, -0.25) is 0 Å². The number of ether oxygens (including phenoxy) is 1. The van der Waals surface area contributed by atoms with Crippen LogP contribution in [0.1, 0.15) is 31.4 Å². The Morgan fingerprint density at radius 3 is 2.79 bits per heavy atom. The van der Waals surface area contributed by atoms with E-state index in [0.29, 0.717) is 21.0 Å². The molecule has 1 saturated heterocycles. The molecule has 2 atom stereocenters. The number of rotatable bonds is 4. The number of hydrogen-bond donors (Lipinski definition) is 1. The lowest BCUT2D eigenvalue weighted by Gasteiger charge is -2.25. The van der Waals surface area contributed by atoms with E-state index >= 15 is 0 Å². The van der Waals surface area contributed by atoms with E-state index in [1.54, 1.807) is 6.07 Å². The first-order chi connectivity index (χ1) is 9.09. The van der Waals surface area contributed by atoms with Crippen LogP contribution < -0.4 is 5.32 Å². The van der Waals surface area contributed by atoms with Crippen LogP contribution in [0, 0.1) is 5.92 Å². The second kappa shape index (κ2) is 7.14. The summed E-state index contributed by atoms with van der Waals surface area (Å²) in [7, 11) is 0. The van der Waals surface area contributed by atoms with Gasteiger partial charge in [-0.15, -0.1) is 0 Å². The lowest BCUT2D eigenvalue weighted by Crippen LogP contribution is -2.30. The number of hydrogen-bond acceptors (Lipinski definition) is 2. The van der Waals surface area contributed by atoms with Crippen LogP contribution in [0.3, 0.4) is 0 Å². The molecule has 0 spiro atoms. The maximum absolute atomic E-state index is 6.23. The smallest absolute Gasteiger partial charge is 0.0781 e. The highest BCUT2D eigenvalue weighted by Gasteiger charge is 2.17. The van der Waals surface area contributed by atoms with E-state index in [9.17, 15) is 0 Å². The Balaban J connectivity index is 1.95. The van der Waals surface area contributed by atoms with Crippen LogP contribution in [-0.2, 0) is 4.74 Å². The van der Waals surface area contributed by atoms with Crippen molar-refractivity contribution in [2.75, 3.05) is 19.8 Å².